The van der Waals surface area contributed by atoms with Crippen LogP contribution < -0.4 is 10.6 Å². The van der Waals surface area contributed by atoms with Crippen LogP contribution in [-0.2, 0) is 4.74 Å². The number of carbonyl (C=O) groups excluding carboxylic acids is 1. The maximum atomic E-state index is 12.5. The molecule has 3 aromatic heterocycles. The Labute approximate surface area is 156 Å². The summed E-state index contributed by atoms with van der Waals surface area (Å²) in [6.45, 7) is 3.53. The summed E-state index contributed by atoms with van der Waals surface area (Å²) in [5.74, 6) is 0. The van der Waals surface area contributed by atoms with Crippen molar-refractivity contribution in [3.05, 3.63) is 54.7 Å². The van der Waals surface area contributed by atoms with E-state index in [0.717, 1.165) is 18.7 Å². The average Bonchev–Trinajstić information content (AvgIpc) is 3.20. The predicted octanol–water partition coefficient (Wildman–Crippen LogP) is 1.32. The highest BCUT2D eigenvalue weighted by Crippen LogP contribution is 2.21. The zero-order valence-electron chi connectivity index (χ0n) is 14.8. The topological polar surface area (TPSA) is 96.7 Å². The minimum Gasteiger partial charge on any atom is -0.379 e. The van der Waals surface area contributed by atoms with Gasteiger partial charge in [0.25, 0.3) is 0 Å². The molecular weight excluding hydrogens is 346 g/mol. The largest absolute Gasteiger partial charge is 0.379 e. The fraction of sp³-hybridized carbons (Fsp3) is 0.333. The van der Waals surface area contributed by atoms with Gasteiger partial charge in [-0.3, -0.25) is 14.3 Å². The maximum Gasteiger partial charge on any atom is 0.319 e. The Morgan fingerprint density at radius 3 is 2.85 bits per heavy atom. The van der Waals surface area contributed by atoms with Crippen molar-refractivity contribution in [3.63, 3.8) is 0 Å². The van der Waals surface area contributed by atoms with Gasteiger partial charge >= 0.3 is 6.03 Å². The van der Waals surface area contributed by atoms with Crippen molar-refractivity contribution in [3.8, 4) is 0 Å². The summed E-state index contributed by atoms with van der Waals surface area (Å²) in [6, 6.07) is 7.38. The van der Waals surface area contributed by atoms with Crippen LogP contribution in [-0.4, -0.2) is 63.4 Å². The number of carbonyl (C=O) groups is 1. The van der Waals surface area contributed by atoms with Crippen LogP contribution in [0.15, 0.2) is 49.2 Å². The fourth-order valence-corrected chi connectivity index (χ4v) is 3.24. The predicted molar refractivity (Wildman–Crippen MR) is 99.4 cm³/mol. The van der Waals surface area contributed by atoms with Crippen molar-refractivity contribution in [2.24, 2.45) is 0 Å². The molecule has 1 aliphatic heterocycles. The van der Waals surface area contributed by atoms with Gasteiger partial charge < -0.3 is 15.4 Å². The van der Waals surface area contributed by atoms with Gasteiger partial charge in [0.1, 0.15) is 6.33 Å². The Hall–Kier alpha value is -3.04. The van der Waals surface area contributed by atoms with Gasteiger partial charge in [-0.25, -0.2) is 4.79 Å². The normalized spacial score (nSPS) is 16.1. The maximum absolute atomic E-state index is 12.5. The lowest BCUT2D eigenvalue weighted by molar-refractivity contribution is 0.0167. The number of urea groups is 1. The van der Waals surface area contributed by atoms with Gasteiger partial charge in [-0.2, -0.15) is 0 Å². The number of anilines is 1. The first-order valence-electron chi connectivity index (χ1n) is 8.86. The lowest BCUT2D eigenvalue weighted by atomic mass is 10.1. The second-order valence-corrected chi connectivity index (χ2v) is 6.26. The minimum absolute atomic E-state index is 0.0616. The molecule has 1 unspecified atom stereocenters. The second-order valence-electron chi connectivity index (χ2n) is 6.26. The standard InChI is InChI=1S/C18H21N7O2/c26-18(22-15-2-1-7-25-13-21-23-17(15)25)20-12-16(14-3-5-19-6-4-14)24-8-10-27-11-9-24/h1-7,13,16H,8-12H2,(H2,20,22,26). The first-order chi connectivity index (χ1) is 13.3. The Morgan fingerprint density at radius 2 is 2.04 bits per heavy atom. The van der Waals surface area contributed by atoms with Gasteiger partial charge in [0.2, 0.25) is 0 Å². The fourth-order valence-electron chi connectivity index (χ4n) is 3.24. The van der Waals surface area contributed by atoms with E-state index < -0.39 is 0 Å². The van der Waals surface area contributed by atoms with E-state index in [9.17, 15) is 4.79 Å². The van der Waals surface area contributed by atoms with Crippen LogP contribution in [0.25, 0.3) is 5.65 Å². The van der Waals surface area contributed by atoms with Crippen molar-refractivity contribution in [1.29, 1.82) is 0 Å². The van der Waals surface area contributed by atoms with Crippen LogP contribution in [0.4, 0.5) is 10.5 Å². The molecule has 2 N–H and O–H groups in total. The highest BCUT2D eigenvalue weighted by Gasteiger charge is 2.23. The SMILES string of the molecule is O=C(NCC(c1ccncc1)N1CCOCC1)Nc1cccn2cnnc12. The lowest BCUT2D eigenvalue weighted by Crippen LogP contribution is -2.44. The molecule has 27 heavy (non-hydrogen) atoms. The van der Waals surface area contributed by atoms with Crippen molar-refractivity contribution in [1.82, 2.24) is 29.8 Å². The monoisotopic (exact) mass is 367 g/mol. The first-order valence-corrected chi connectivity index (χ1v) is 8.86. The molecule has 2 amide bonds. The summed E-state index contributed by atoms with van der Waals surface area (Å²) in [7, 11) is 0. The van der Waals surface area contributed by atoms with E-state index in [1.54, 1.807) is 29.2 Å². The molecule has 0 aromatic carbocycles. The number of hydrogen-bond acceptors (Lipinski definition) is 6. The number of aromatic nitrogens is 4. The van der Waals surface area contributed by atoms with E-state index in [1.807, 2.05) is 24.4 Å². The number of ether oxygens (including phenoxy) is 1. The molecule has 140 valence electrons. The highest BCUT2D eigenvalue weighted by atomic mass is 16.5. The summed E-state index contributed by atoms with van der Waals surface area (Å²) >= 11 is 0. The van der Waals surface area contributed by atoms with Crippen molar-refractivity contribution in [2.75, 3.05) is 38.2 Å². The van der Waals surface area contributed by atoms with Crippen LogP contribution in [0, 0.1) is 0 Å². The van der Waals surface area contributed by atoms with Crippen molar-refractivity contribution in [2.45, 2.75) is 6.04 Å². The van der Waals surface area contributed by atoms with E-state index in [2.05, 4.69) is 30.7 Å². The van der Waals surface area contributed by atoms with Crippen LogP contribution in [0.2, 0.25) is 0 Å². The molecule has 1 saturated heterocycles. The van der Waals surface area contributed by atoms with E-state index in [1.165, 1.54) is 0 Å². The van der Waals surface area contributed by atoms with Gasteiger partial charge in [0.05, 0.1) is 24.9 Å². The van der Waals surface area contributed by atoms with Crippen LogP contribution in [0.3, 0.4) is 0 Å². The molecule has 0 bridgehead atoms. The molecule has 1 atom stereocenters. The quantitative estimate of drug-likeness (QED) is 0.706. The van der Waals surface area contributed by atoms with Gasteiger partial charge in [-0.1, -0.05) is 0 Å². The zero-order valence-corrected chi connectivity index (χ0v) is 14.8. The third kappa shape index (κ3) is 4.04. The molecule has 9 heteroatoms. The molecule has 0 aliphatic carbocycles. The summed E-state index contributed by atoms with van der Waals surface area (Å²) in [5.41, 5.74) is 2.33. The molecule has 4 rings (SSSR count). The number of pyridine rings is 2. The van der Waals surface area contributed by atoms with E-state index >= 15 is 0 Å². The number of nitrogens with one attached hydrogen (secondary N) is 2. The Kier molecular flexibility index (Phi) is 5.22. The Morgan fingerprint density at radius 1 is 1.22 bits per heavy atom. The molecule has 4 heterocycles. The van der Waals surface area contributed by atoms with E-state index in [-0.39, 0.29) is 12.1 Å². The average molecular weight is 367 g/mol. The summed E-state index contributed by atoms with van der Waals surface area (Å²) < 4.78 is 7.21. The third-order valence-electron chi connectivity index (χ3n) is 4.61. The van der Waals surface area contributed by atoms with Gasteiger partial charge in [-0.05, 0) is 29.8 Å². The molecule has 0 saturated carbocycles. The number of nitrogens with zero attached hydrogens (tertiary/aromatic N) is 5. The van der Waals surface area contributed by atoms with Crippen LogP contribution in [0.5, 0.6) is 0 Å². The number of fused-ring (bicyclic) bond motifs is 1. The number of amides is 2. The Bertz CT molecular complexity index is 893. The molecular formula is C18H21N7O2. The summed E-state index contributed by atoms with van der Waals surface area (Å²) in [4.78, 5) is 18.9. The van der Waals surface area contributed by atoms with E-state index in [4.69, 9.17) is 4.74 Å². The summed E-state index contributed by atoms with van der Waals surface area (Å²) in [5, 5.41) is 13.7. The van der Waals surface area contributed by atoms with Gasteiger partial charge in [-0.15, -0.1) is 10.2 Å². The molecule has 9 nitrogen and oxygen atoms in total. The van der Waals surface area contributed by atoms with Crippen LogP contribution in [0.1, 0.15) is 11.6 Å². The number of hydrogen-bond donors (Lipinski definition) is 2. The number of rotatable bonds is 5. The van der Waals surface area contributed by atoms with Gasteiger partial charge in [0.15, 0.2) is 5.65 Å². The second kappa shape index (κ2) is 8.11. The smallest absolute Gasteiger partial charge is 0.319 e. The third-order valence-corrected chi connectivity index (χ3v) is 4.61. The Balaban J connectivity index is 1.44. The van der Waals surface area contributed by atoms with Crippen LogP contribution >= 0.6 is 0 Å². The van der Waals surface area contributed by atoms with Crippen molar-refractivity contribution >= 4 is 17.4 Å². The molecule has 3 aromatic rings. The summed E-state index contributed by atoms with van der Waals surface area (Å²) in [6.07, 6.45) is 6.97. The zero-order chi connectivity index (χ0) is 18.5. The first kappa shape index (κ1) is 17.4. The van der Waals surface area contributed by atoms with Crippen molar-refractivity contribution < 1.29 is 9.53 Å². The van der Waals surface area contributed by atoms with E-state index in [0.29, 0.717) is 31.1 Å². The molecule has 1 aliphatic rings. The highest BCUT2D eigenvalue weighted by molar-refractivity contribution is 5.92. The van der Waals surface area contributed by atoms with Gasteiger partial charge in [0, 0.05) is 38.2 Å². The minimum atomic E-state index is -0.279. The molecule has 0 spiro atoms. The molecule has 1 fully saturated rings. The number of morpholine rings is 1. The lowest BCUT2D eigenvalue weighted by Gasteiger charge is -2.34. The molecule has 0 radical (unpaired) electrons.